The second-order valence-electron chi connectivity index (χ2n) is 2.42. The Bertz CT molecular complexity index is 291. The summed E-state index contributed by atoms with van der Waals surface area (Å²) >= 11 is 0. The van der Waals surface area contributed by atoms with Gasteiger partial charge in [0, 0.05) is 17.8 Å². The Morgan fingerprint density at radius 1 is 1.38 bits per heavy atom. The van der Waals surface area contributed by atoms with Gasteiger partial charge in [0.2, 0.25) is 0 Å². The number of nitrogen functional groups attached to an aromatic ring is 1. The maximum absolute atomic E-state index is 11.7. The van der Waals surface area contributed by atoms with Crippen LogP contribution in [0.15, 0.2) is 12.1 Å². The number of aromatic nitrogens is 1. The molecule has 13 heavy (non-hydrogen) atoms. The fraction of sp³-hybridized carbons (Fsp3) is 0.286. The Balaban J connectivity index is 2.90. The number of halogens is 3. The first kappa shape index (κ1) is 9.63. The molecule has 0 saturated carbocycles. The van der Waals surface area contributed by atoms with Crippen LogP contribution in [-0.4, -0.2) is 11.3 Å². The zero-order chi connectivity index (χ0) is 10.1. The van der Waals surface area contributed by atoms with Crippen molar-refractivity contribution in [1.29, 1.82) is 0 Å². The monoisotopic (exact) mass is 192 g/mol. The highest BCUT2D eigenvalue weighted by atomic mass is 19.4. The number of ether oxygens (including phenoxy) is 1. The van der Waals surface area contributed by atoms with Crippen molar-refractivity contribution in [3.63, 3.8) is 0 Å². The van der Waals surface area contributed by atoms with Crippen LogP contribution in [0.1, 0.15) is 5.69 Å². The van der Waals surface area contributed by atoms with E-state index in [1.165, 1.54) is 6.92 Å². The SMILES string of the molecule is Cc1cc(OC(F)(F)F)cc(N)n1. The lowest BCUT2D eigenvalue weighted by Gasteiger charge is -2.09. The number of rotatable bonds is 1. The Labute approximate surface area is 72.3 Å². The van der Waals surface area contributed by atoms with Crippen LogP contribution < -0.4 is 10.5 Å². The van der Waals surface area contributed by atoms with Crippen molar-refractivity contribution in [3.05, 3.63) is 17.8 Å². The zero-order valence-corrected chi connectivity index (χ0v) is 6.72. The average Bonchev–Trinajstić information content (AvgIpc) is 1.78. The molecule has 1 heterocycles. The van der Waals surface area contributed by atoms with Crippen LogP contribution in [0.3, 0.4) is 0 Å². The number of aryl methyl sites for hydroxylation is 1. The summed E-state index contributed by atoms with van der Waals surface area (Å²) in [7, 11) is 0. The third-order valence-electron chi connectivity index (χ3n) is 1.18. The molecule has 0 unspecified atom stereocenters. The van der Waals surface area contributed by atoms with E-state index in [1.54, 1.807) is 0 Å². The first-order valence-electron chi connectivity index (χ1n) is 3.37. The first-order valence-corrected chi connectivity index (χ1v) is 3.37. The molecule has 0 radical (unpaired) electrons. The maximum Gasteiger partial charge on any atom is 0.573 e. The lowest BCUT2D eigenvalue weighted by molar-refractivity contribution is -0.274. The van der Waals surface area contributed by atoms with E-state index in [0.717, 1.165) is 12.1 Å². The lowest BCUT2D eigenvalue weighted by Crippen LogP contribution is -2.17. The molecule has 1 rings (SSSR count). The predicted molar refractivity (Wildman–Crippen MR) is 40.1 cm³/mol. The van der Waals surface area contributed by atoms with E-state index >= 15 is 0 Å². The third kappa shape index (κ3) is 3.18. The molecular formula is C7H7F3N2O. The van der Waals surface area contributed by atoms with Gasteiger partial charge < -0.3 is 10.5 Å². The zero-order valence-electron chi connectivity index (χ0n) is 6.72. The summed E-state index contributed by atoms with van der Waals surface area (Å²) in [6.07, 6.45) is -4.69. The smallest absolute Gasteiger partial charge is 0.406 e. The second kappa shape index (κ2) is 3.12. The number of hydrogen-bond acceptors (Lipinski definition) is 3. The third-order valence-corrected chi connectivity index (χ3v) is 1.18. The van der Waals surface area contributed by atoms with Crippen LogP contribution in [0.25, 0.3) is 0 Å². The van der Waals surface area contributed by atoms with Crippen LogP contribution in [0.5, 0.6) is 5.75 Å². The molecule has 1 aromatic heterocycles. The minimum absolute atomic E-state index is 0.000694. The molecule has 1 aromatic rings. The van der Waals surface area contributed by atoms with Gasteiger partial charge in [0.1, 0.15) is 11.6 Å². The molecule has 6 heteroatoms. The fourth-order valence-electron chi connectivity index (χ4n) is 0.854. The summed E-state index contributed by atoms with van der Waals surface area (Å²) in [6.45, 7) is 1.53. The Morgan fingerprint density at radius 2 is 2.00 bits per heavy atom. The number of hydrogen-bond donors (Lipinski definition) is 1. The standard InChI is InChI=1S/C7H7F3N2O/c1-4-2-5(3-6(11)12-4)13-7(8,9)10/h2-3H,1H3,(H2,11,12). The van der Waals surface area contributed by atoms with Crippen molar-refractivity contribution < 1.29 is 17.9 Å². The van der Waals surface area contributed by atoms with Crippen molar-refractivity contribution in [1.82, 2.24) is 4.98 Å². The highest BCUT2D eigenvalue weighted by Gasteiger charge is 2.31. The van der Waals surface area contributed by atoms with Gasteiger partial charge in [-0.15, -0.1) is 13.2 Å². The van der Waals surface area contributed by atoms with Gasteiger partial charge in [-0.25, -0.2) is 4.98 Å². The molecular weight excluding hydrogens is 185 g/mol. The van der Waals surface area contributed by atoms with Crippen molar-refractivity contribution in [2.24, 2.45) is 0 Å². The Kier molecular flexibility index (Phi) is 2.31. The van der Waals surface area contributed by atoms with Gasteiger partial charge in [-0.1, -0.05) is 0 Å². The molecule has 0 aliphatic carbocycles. The molecule has 0 aromatic carbocycles. The van der Waals surface area contributed by atoms with Gasteiger partial charge in [0.25, 0.3) is 0 Å². The summed E-state index contributed by atoms with van der Waals surface area (Å²) in [5.41, 5.74) is 5.59. The number of alkyl halides is 3. The van der Waals surface area contributed by atoms with E-state index in [2.05, 4.69) is 9.72 Å². The van der Waals surface area contributed by atoms with Crippen LogP contribution >= 0.6 is 0 Å². The largest absolute Gasteiger partial charge is 0.573 e. The molecule has 3 nitrogen and oxygen atoms in total. The predicted octanol–water partition coefficient (Wildman–Crippen LogP) is 1.87. The highest BCUT2D eigenvalue weighted by Crippen LogP contribution is 2.24. The lowest BCUT2D eigenvalue weighted by atomic mass is 10.3. The topological polar surface area (TPSA) is 48.1 Å². The molecule has 0 amide bonds. The molecule has 72 valence electrons. The van der Waals surface area contributed by atoms with Gasteiger partial charge in [-0.05, 0) is 6.92 Å². The minimum Gasteiger partial charge on any atom is -0.406 e. The van der Waals surface area contributed by atoms with Crippen molar-refractivity contribution in [2.75, 3.05) is 5.73 Å². The van der Waals surface area contributed by atoms with Gasteiger partial charge in [0.05, 0.1) is 0 Å². The van der Waals surface area contributed by atoms with E-state index in [0.29, 0.717) is 5.69 Å². The maximum atomic E-state index is 11.7. The number of nitrogens with zero attached hydrogens (tertiary/aromatic N) is 1. The average molecular weight is 192 g/mol. The van der Waals surface area contributed by atoms with Crippen LogP contribution in [-0.2, 0) is 0 Å². The van der Waals surface area contributed by atoms with Crippen LogP contribution in [0.4, 0.5) is 19.0 Å². The Morgan fingerprint density at radius 3 is 2.46 bits per heavy atom. The number of pyridine rings is 1. The molecule has 0 fully saturated rings. The van der Waals surface area contributed by atoms with E-state index < -0.39 is 6.36 Å². The van der Waals surface area contributed by atoms with E-state index in [4.69, 9.17) is 5.73 Å². The summed E-state index contributed by atoms with van der Waals surface area (Å²) < 4.78 is 38.8. The van der Waals surface area contributed by atoms with Crippen LogP contribution in [0.2, 0.25) is 0 Å². The summed E-state index contributed by atoms with van der Waals surface area (Å²) in [5, 5.41) is 0. The quantitative estimate of drug-likeness (QED) is 0.738. The van der Waals surface area contributed by atoms with Gasteiger partial charge in [-0.3, -0.25) is 0 Å². The molecule has 0 aliphatic heterocycles. The molecule has 2 N–H and O–H groups in total. The molecule has 0 saturated heterocycles. The van der Waals surface area contributed by atoms with Gasteiger partial charge >= 0.3 is 6.36 Å². The highest BCUT2D eigenvalue weighted by molar-refractivity contribution is 5.38. The van der Waals surface area contributed by atoms with Gasteiger partial charge in [0.15, 0.2) is 0 Å². The van der Waals surface area contributed by atoms with E-state index in [-0.39, 0.29) is 11.6 Å². The number of anilines is 1. The Hall–Kier alpha value is -1.46. The van der Waals surface area contributed by atoms with E-state index in [9.17, 15) is 13.2 Å². The normalized spacial score (nSPS) is 11.4. The fourth-order valence-corrected chi connectivity index (χ4v) is 0.854. The number of nitrogens with two attached hydrogens (primary N) is 1. The first-order chi connectivity index (χ1) is 5.87. The van der Waals surface area contributed by atoms with Crippen molar-refractivity contribution in [3.8, 4) is 5.75 Å². The van der Waals surface area contributed by atoms with Gasteiger partial charge in [-0.2, -0.15) is 0 Å². The molecule has 0 atom stereocenters. The summed E-state index contributed by atoms with van der Waals surface area (Å²) in [5.74, 6) is -0.350. The van der Waals surface area contributed by atoms with Crippen LogP contribution in [0, 0.1) is 6.92 Å². The summed E-state index contributed by atoms with van der Waals surface area (Å²) in [4.78, 5) is 3.69. The van der Waals surface area contributed by atoms with E-state index in [1.807, 2.05) is 0 Å². The van der Waals surface area contributed by atoms with Crippen molar-refractivity contribution in [2.45, 2.75) is 13.3 Å². The summed E-state index contributed by atoms with van der Waals surface area (Å²) in [6, 6.07) is 2.17. The van der Waals surface area contributed by atoms with Crippen molar-refractivity contribution >= 4 is 5.82 Å². The molecule has 0 spiro atoms. The second-order valence-corrected chi connectivity index (χ2v) is 2.42. The molecule has 0 aliphatic rings. The minimum atomic E-state index is -4.69. The molecule has 0 bridgehead atoms.